The van der Waals surface area contributed by atoms with Crippen LogP contribution in [0, 0.1) is 0 Å². The molecule has 3 heteroatoms. The van der Waals surface area contributed by atoms with E-state index in [0.29, 0.717) is 13.0 Å². The van der Waals surface area contributed by atoms with Crippen molar-refractivity contribution < 1.29 is 5.11 Å². The van der Waals surface area contributed by atoms with Gasteiger partial charge in [0, 0.05) is 18.3 Å². The fraction of sp³-hybridized carbons (Fsp3) is 0.333. The third-order valence-electron chi connectivity index (χ3n) is 2.77. The Morgan fingerprint density at radius 2 is 2.13 bits per heavy atom. The number of nitrogens with zero attached hydrogens (tertiary/aromatic N) is 1. The fourth-order valence-electron chi connectivity index (χ4n) is 1.94. The van der Waals surface area contributed by atoms with E-state index in [2.05, 4.69) is 0 Å². The highest BCUT2D eigenvalue weighted by molar-refractivity contribution is 5.81. The molecule has 1 aromatic heterocycles. The molecule has 0 spiro atoms. The van der Waals surface area contributed by atoms with Gasteiger partial charge >= 0.3 is 0 Å². The van der Waals surface area contributed by atoms with E-state index in [1.165, 1.54) is 0 Å². The fourth-order valence-corrected chi connectivity index (χ4v) is 1.94. The molecule has 3 N–H and O–H groups in total. The summed E-state index contributed by atoms with van der Waals surface area (Å²) in [4.78, 5) is 0. The van der Waals surface area contributed by atoms with Crippen molar-refractivity contribution in [2.75, 3.05) is 6.54 Å². The standard InChI is InChI=1S/C12H16N2O/c1-14-10-5-3-2-4-9(10)8-11(14)12(15)6-7-13/h2-5,8,12,15H,6-7,13H2,1H3. The molecule has 0 radical (unpaired) electrons. The number of hydrogen-bond acceptors (Lipinski definition) is 2. The maximum atomic E-state index is 9.90. The van der Waals surface area contributed by atoms with Crippen molar-refractivity contribution >= 4 is 10.9 Å². The number of aliphatic hydroxyl groups is 1. The van der Waals surface area contributed by atoms with Crippen LogP contribution in [-0.4, -0.2) is 16.2 Å². The Morgan fingerprint density at radius 3 is 2.80 bits per heavy atom. The van der Waals surface area contributed by atoms with Gasteiger partial charge in [-0.15, -0.1) is 0 Å². The minimum absolute atomic E-state index is 0.465. The maximum Gasteiger partial charge on any atom is 0.0952 e. The summed E-state index contributed by atoms with van der Waals surface area (Å²) in [6, 6.07) is 10.1. The van der Waals surface area contributed by atoms with Crippen molar-refractivity contribution in [2.24, 2.45) is 12.8 Å². The number of hydrogen-bond donors (Lipinski definition) is 2. The van der Waals surface area contributed by atoms with E-state index in [1.807, 2.05) is 41.9 Å². The average molecular weight is 204 g/mol. The molecule has 0 saturated carbocycles. The van der Waals surface area contributed by atoms with Crippen LogP contribution >= 0.6 is 0 Å². The van der Waals surface area contributed by atoms with Gasteiger partial charge in [-0.1, -0.05) is 18.2 Å². The summed E-state index contributed by atoms with van der Waals surface area (Å²) in [6.45, 7) is 0.503. The Kier molecular flexibility index (Phi) is 2.75. The molecule has 80 valence electrons. The van der Waals surface area contributed by atoms with Crippen LogP contribution in [0.1, 0.15) is 18.2 Å². The Hall–Kier alpha value is -1.32. The van der Waals surface area contributed by atoms with E-state index in [0.717, 1.165) is 16.6 Å². The topological polar surface area (TPSA) is 51.2 Å². The van der Waals surface area contributed by atoms with Crippen molar-refractivity contribution in [2.45, 2.75) is 12.5 Å². The smallest absolute Gasteiger partial charge is 0.0952 e. The second-order valence-electron chi connectivity index (χ2n) is 3.78. The monoisotopic (exact) mass is 204 g/mol. The van der Waals surface area contributed by atoms with Crippen LogP contribution in [0.5, 0.6) is 0 Å². The minimum atomic E-state index is -0.465. The molecule has 2 aromatic rings. The van der Waals surface area contributed by atoms with Gasteiger partial charge in [-0.2, -0.15) is 0 Å². The van der Waals surface area contributed by atoms with Crippen molar-refractivity contribution in [1.29, 1.82) is 0 Å². The summed E-state index contributed by atoms with van der Waals surface area (Å²) < 4.78 is 2.02. The molecule has 1 atom stereocenters. The zero-order valence-electron chi connectivity index (χ0n) is 8.85. The van der Waals surface area contributed by atoms with E-state index >= 15 is 0 Å². The SMILES string of the molecule is Cn1c(C(O)CCN)cc2ccccc21. The molecule has 0 saturated heterocycles. The number of aryl methyl sites for hydroxylation is 1. The predicted octanol–water partition coefficient (Wildman–Crippen LogP) is 1.56. The van der Waals surface area contributed by atoms with Gasteiger partial charge < -0.3 is 15.4 Å². The molecule has 1 unspecified atom stereocenters. The molecular weight excluding hydrogens is 188 g/mol. The predicted molar refractivity (Wildman–Crippen MR) is 61.6 cm³/mol. The Bertz CT molecular complexity index is 462. The highest BCUT2D eigenvalue weighted by Crippen LogP contribution is 2.24. The number of fused-ring (bicyclic) bond motifs is 1. The molecule has 0 aliphatic carbocycles. The number of para-hydroxylation sites is 1. The van der Waals surface area contributed by atoms with Gasteiger partial charge in [0.25, 0.3) is 0 Å². The summed E-state index contributed by atoms with van der Waals surface area (Å²) in [5.74, 6) is 0. The van der Waals surface area contributed by atoms with Crippen molar-refractivity contribution in [1.82, 2.24) is 4.57 Å². The molecular formula is C12H16N2O. The summed E-state index contributed by atoms with van der Waals surface area (Å²) in [5, 5.41) is 11.1. The van der Waals surface area contributed by atoms with Crippen LogP contribution in [0.15, 0.2) is 30.3 Å². The normalized spacial score (nSPS) is 13.3. The van der Waals surface area contributed by atoms with Gasteiger partial charge in [-0.05, 0) is 30.5 Å². The minimum Gasteiger partial charge on any atom is -0.387 e. The lowest BCUT2D eigenvalue weighted by atomic mass is 10.2. The van der Waals surface area contributed by atoms with Gasteiger partial charge in [0.05, 0.1) is 6.10 Å². The first-order chi connectivity index (χ1) is 7.24. The molecule has 2 rings (SSSR count). The second kappa shape index (κ2) is 4.04. The lowest BCUT2D eigenvalue weighted by Crippen LogP contribution is -2.09. The molecule has 0 amide bonds. The maximum absolute atomic E-state index is 9.90. The Balaban J connectivity index is 2.48. The quantitative estimate of drug-likeness (QED) is 0.797. The summed E-state index contributed by atoms with van der Waals surface area (Å²) in [5.41, 5.74) is 7.52. The van der Waals surface area contributed by atoms with Crippen LogP contribution in [0.2, 0.25) is 0 Å². The first-order valence-electron chi connectivity index (χ1n) is 5.16. The van der Waals surface area contributed by atoms with Crippen molar-refractivity contribution in [3.8, 4) is 0 Å². The molecule has 3 nitrogen and oxygen atoms in total. The van der Waals surface area contributed by atoms with Crippen LogP contribution in [0.3, 0.4) is 0 Å². The summed E-state index contributed by atoms with van der Waals surface area (Å²) in [7, 11) is 1.97. The van der Waals surface area contributed by atoms with Crippen molar-refractivity contribution in [3.63, 3.8) is 0 Å². The Labute approximate surface area is 89.1 Å². The van der Waals surface area contributed by atoms with Gasteiger partial charge in [0.1, 0.15) is 0 Å². The zero-order chi connectivity index (χ0) is 10.8. The Morgan fingerprint density at radius 1 is 1.40 bits per heavy atom. The first kappa shape index (κ1) is 10.2. The highest BCUT2D eigenvalue weighted by atomic mass is 16.3. The number of rotatable bonds is 3. The van der Waals surface area contributed by atoms with Crippen LogP contribution in [0.25, 0.3) is 10.9 Å². The lowest BCUT2D eigenvalue weighted by molar-refractivity contribution is 0.162. The number of aliphatic hydroxyl groups excluding tert-OH is 1. The molecule has 1 heterocycles. The van der Waals surface area contributed by atoms with Gasteiger partial charge in [0.2, 0.25) is 0 Å². The first-order valence-corrected chi connectivity index (χ1v) is 5.16. The van der Waals surface area contributed by atoms with Crippen LogP contribution in [-0.2, 0) is 7.05 Å². The summed E-state index contributed by atoms with van der Waals surface area (Å²) >= 11 is 0. The van der Waals surface area contributed by atoms with E-state index < -0.39 is 6.10 Å². The van der Waals surface area contributed by atoms with E-state index in [1.54, 1.807) is 0 Å². The van der Waals surface area contributed by atoms with Gasteiger partial charge in [-0.3, -0.25) is 0 Å². The third-order valence-corrected chi connectivity index (χ3v) is 2.77. The van der Waals surface area contributed by atoms with E-state index in [9.17, 15) is 5.11 Å². The van der Waals surface area contributed by atoms with E-state index in [4.69, 9.17) is 5.73 Å². The lowest BCUT2D eigenvalue weighted by Gasteiger charge is -2.10. The largest absolute Gasteiger partial charge is 0.387 e. The molecule has 0 bridgehead atoms. The van der Waals surface area contributed by atoms with Crippen LogP contribution in [0.4, 0.5) is 0 Å². The average Bonchev–Trinajstić information content (AvgIpc) is 2.57. The molecule has 1 aromatic carbocycles. The molecule has 0 aliphatic heterocycles. The zero-order valence-corrected chi connectivity index (χ0v) is 8.85. The molecule has 15 heavy (non-hydrogen) atoms. The highest BCUT2D eigenvalue weighted by Gasteiger charge is 2.12. The number of nitrogens with two attached hydrogens (primary N) is 1. The van der Waals surface area contributed by atoms with Crippen LogP contribution < -0.4 is 5.73 Å². The van der Waals surface area contributed by atoms with Gasteiger partial charge in [-0.25, -0.2) is 0 Å². The number of aromatic nitrogens is 1. The summed E-state index contributed by atoms with van der Waals surface area (Å²) in [6.07, 6.45) is 0.136. The van der Waals surface area contributed by atoms with Gasteiger partial charge in [0.15, 0.2) is 0 Å². The van der Waals surface area contributed by atoms with E-state index in [-0.39, 0.29) is 0 Å². The second-order valence-corrected chi connectivity index (χ2v) is 3.78. The third kappa shape index (κ3) is 1.76. The molecule has 0 fully saturated rings. The number of benzene rings is 1. The molecule has 0 aliphatic rings. The van der Waals surface area contributed by atoms with Crippen molar-refractivity contribution in [3.05, 3.63) is 36.0 Å².